The number of carbonyl (C=O) groups is 1. The predicted molar refractivity (Wildman–Crippen MR) is 126 cm³/mol. The number of halogens is 1. The van der Waals surface area contributed by atoms with Gasteiger partial charge in [0.15, 0.2) is 11.2 Å². The van der Waals surface area contributed by atoms with Gasteiger partial charge in [-0.25, -0.2) is 19.1 Å². The lowest BCUT2D eigenvalue weighted by molar-refractivity contribution is 0.0540. The Labute approximate surface area is 193 Å². The van der Waals surface area contributed by atoms with Crippen LogP contribution < -0.4 is 17.0 Å². The quantitative estimate of drug-likeness (QED) is 0.488. The molecule has 0 aliphatic heterocycles. The maximum atomic E-state index is 13.3. The van der Waals surface area contributed by atoms with E-state index in [1.807, 2.05) is 0 Å². The molecule has 0 aliphatic rings. The molecule has 2 N–H and O–H groups in total. The van der Waals surface area contributed by atoms with Crippen LogP contribution in [0.3, 0.4) is 0 Å². The smallest absolute Gasteiger partial charge is 0.419 e. The van der Waals surface area contributed by atoms with Crippen molar-refractivity contribution in [2.24, 2.45) is 19.8 Å². The van der Waals surface area contributed by atoms with Crippen molar-refractivity contribution < 1.29 is 9.53 Å². The molecule has 0 aliphatic carbocycles. The van der Waals surface area contributed by atoms with E-state index in [1.165, 1.54) is 16.2 Å². The van der Waals surface area contributed by atoms with Crippen molar-refractivity contribution in [3.8, 4) is 0 Å². The molecule has 0 radical (unpaired) electrons. The molecule has 4 rings (SSSR count). The van der Waals surface area contributed by atoms with E-state index in [-0.39, 0.29) is 24.3 Å². The molecule has 4 aromatic rings. The number of benzene rings is 1. The van der Waals surface area contributed by atoms with Gasteiger partial charge >= 0.3 is 11.8 Å². The highest BCUT2D eigenvalue weighted by Crippen LogP contribution is 2.28. The number of nitrogens with two attached hydrogens (primary N) is 1. The Kier molecular flexibility index (Phi) is 5.45. The molecule has 0 unspecified atom stereocenters. The second-order valence-corrected chi connectivity index (χ2v) is 9.23. The summed E-state index contributed by atoms with van der Waals surface area (Å²) in [4.78, 5) is 43.9. The van der Waals surface area contributed by atoms with Crippen molar-refractivity contribution in [3.63, 3.8) is 0 Å². The SMILES string of the molecule is Cn1c(CN)nc2c1c(=O)n(Cc1cc3c(Cl)cccc3n1C(=O)OC(C)(C)C)c(=O)n2C. The third kappa shape index (κ3) is 3.75. The van der Waals surface area contributed by atoms with Crippen LogP contribution in [0.5, 0.6) is 0 Å². The Morgan fingerprint density at radius 1 is 1.18 bits per heavy atom. The van der Waals surface area contributed by atoms with Crippen molar-refractivity contribution in [1.29, 1.82) is 0 Å². The lowest BCUT2D eigenvalue weighted by atomic mass is 10.2. The Morgan fingerprint density at radius 2 is 1.88 bits per heavy atom. The number of hydrogen-bond donors (Lipinski definition) is 1. The van der Waals surface area contributed by atoms with Crippen LogP contribution in [-0.4, -0.2) is 34.9 Å². The van der Waals surface area contributed by atoms with Crippen LogP contribution in [0.15, 0.2) is 33.9 Å². The molecule has 3 heterocycles. The third-order valence-electron chi connectivity index (χ3n) is 5.40. The van der Waals surface area contributed by atoms with Gasteiger partial charge < -0.3 is 15.0 Å². The van der Waals surface area contributed by atoms with Gasteiger partial charge in [-0.05, 0) is 39.0 Å². The van der Waals surface area contributed by atoms with Crippen LogP contribution in [0.4, 0.5) is 4.79 Å². The molecule has 10 nitrogen and oxygen atoms in total. The van der Waals surface area contributed by atoms with Crippen LogP contribution >= 0.6 is 11.6 Å². The fourth-order valence-electron chi connectivity index (χ4n) is 3.86. The summed E-state index contributed by atoms with van der Waals surface area (Å²) in [5.74, 6) is 0.476. The zero-order chi connectivity index (χ0) is 24.2. The average Bonchev–Trinajstić information content (AvgIpc) is 3.27. The molecule has 0 amide bonds. The average molecular weight is 473 g/mol. The van der Waals surface area contributed by atoms with Gasteiger partial charge in [0.1, 0.15) is 11.4 Å². The molecule has 0 atom stereocenters. The van der Waals surface area contributed by atoms with Crippen molar-refractivity contribution in [2.75, 3.05) is 0 Å². The summed E-state index contributed by atoms with van der Waals surface area (Å²) in [7, 11) is 3.21. The zero-order valence-corrected chi connectivity index (χ0v) is 19.8. The summed E-state index contributed by atoms with van der Waals surface area (Å²) in [6.07, 6.45) is -0.633. The van der Waals surface area contributed by atoms with E-state index in [9.17, 15) is 14.4 Å². The Bertz CT molecular complexity index is 1530. The van der Waals surface area contributed by atoms with Crippen molar-refractivity contribution >= 4 is 39.8 Å². The van der Waals surface area contributed by atoms with Gasteiger partial charge in [-0.3, -0.25) is 13.9 Å². The molecule has 0 saturated carbocycles. The van der Waals surface area contributed by atoms with Crippen molar-refractivity contribution in [1.82, 2.24) is 23.3 Å². The van der Waals surface area contributed by atoms with Crippen LogP contribution in [0.25, 0.3) is 22.1 Å². The van der Waals surface area contributed by atoms with Gasteiger partial charge in [-0.1, -0.05) is 17.7 Å². The largest absolute Gasteiger partial charge is 0.443 e. The second kappa shape index (κ2) is 7.89. The zero-order valence-electron chi connectivity index (χ0n) is 19.0. The van der Waals surface area contributed by atoms with Crippen LogP contribution in [-0.2, 0) is 31.9 Å². The van der Waals surface area contributed by atoms with Gasteiger partial charge in [-0.2, -0.15) is 0 Å². The first-order valence-corrected chi connectivity index (χ1v) is 10.7. The van der Waals surface area contributed by atoms with Crippen LogP contribution in [0, 0.1) is 0 Å². The molecule has 174 valence electrons. The summed E-state index contributed by atoms with van der Waals surface area (Å²) < 4.78 is 10.9. The maximum absolute atomic E-state index is 13.3. The summed E-state index contributed by atoms with van der Waals surface area (Å²) in [5, 5.41) is 1.04. The topological polar surface area (TPSA) is 119 Å². The van der Waals surface area contributed by atoms with E-state index in [0.717, 1.165) is 4.57 Å². The minimum absolute atomic E-state index is 0.115. The monoisotopic (exact) mass is 472 g/mol. The number of nitrogens with zero attached hydrogens (tertiary/aromatic N) is 5. The molecule has 0 bridgehead atoms. The van der Waals surface area contributed by atoms with Crippen molar-refractivity contribution in [3.05, 3.63) is 61.6 Å². The van der Waals surface area contributed by atoms with E-state index >= 15 is 0 Å². The first-order chi connectivity index (χ1) is 15.4. The van der Waals surface area contributed by atoms with Gasteiger partial charge in [0.05, 0.1) is 24.3 Å². The number of hydrogen-bond acceptors (Lipinski definition) is 6. The minimum Gasteiger partial charge on any atom is -0.443 e. The van der Waals surface area contributed by atoms with Crippen LogP contribution in [0.2, 0.25) is 5.02 Å². The van der Waals surface area contributed by atoms with Gasteiger partial charge in [-0.15, -0.1) is 0 Å². The first-order valence-electron chi connectivity index (χ1n) is 10.3. The van der Waals surface area contributed by atoms with Gasteiger partial charge in [0.25, 0.3) is 5.56 Å². The first kappa shape index (κ1) is 22.8. The lowest BCUT2D eigenvalue weighted by Crippen LogP contribution is -2.40. The highest BCUT2D eigenvalue weighted by Gasteiger charge is 2.25. The number of rotatable bonds is 3. The molecule has 0 fully saturated rings. The van der Waals surface area contributed by atoms with E-state index in [0.29, 0.717) is 27.4 Å². The summed E-state index contributed by atoms with van der Waals surface area (Å²) in [6.45, 7) is 5.22. The summed E-state index contributed by atoms with van der Waals surface area (Å²) in [6, 6.07) is 6.84. The fourth-order valence-corrected chi connectivity index (χ4v) is 4.09. The standard InChI is InChI=1S/C22H25ClN6O4/c1-22(2,3)33-21(32)29-12(9-13-14(23)7-6-8-15(13)29)11-28-19(30)17-18(27(5)20(28)31)25-16(10-24)26(17)4/h6-9H,10-11,24H2,1-5H3. The fraction of sp³-hybridized carbons (Fsp3) is 0.364. The molecule has 3 aromatic heterocycles. The number of ether oxygens (including phenoxy) is 1. The minimum atomic E-state index is -0.747. The number of aromatic nitrogens is 5. The summed E-state index contributed by atoms with van der Waals surface area (Å²) >= 11 is 6.37. The van der Waals surface area contributed by atoms with E-state index in [4.69, 9.17) is 22.1 Å². The highest BCUT2D eigenvalue weighted by atomic mass is 35.5. The van der Waals surface area contributed by atoms with E-state index in [1.54, 1.807) is 56.7 Å². The van der Waals surface area contributed by atoms with Gasteiger partial charge in [0.2, 0.25) is 0 Å². The molecule has 0 spiro atoms. The molecule has 1 aromatic carbocycles. The van der Waals surface area contributed by atoms with Gasteiger partial charge in [0, 0.05) is 24.5 Å². The number of imidazole rings is 1. The Balaban J connectivity index is 1.97. The van der Waals surface area contributed by atoms with E-state index < -0.39 is 22.9 Å². The molecule has 0 saturated heterocycles. The Morgan fingerprint density at radius 3 is 2.52 bits per heavy atom. The molecular weight excluding hydrogens is 448 g/mol. The predicted octanol–water partition coefficient (Wildman–Crippen LogP) is 2.33. The highest BCUT2D eigenvalue weighted by molar-refractivity contribution is 6.35. The molecule has 11 heteroatoms. The number of aryl methyl sites for hydroxylation is 2. The van der Waals surface area contributed by atoms with Crippen molar-refractivity contribution in [2.45, 2.75) is 39.5 Å². The maximum Gasteiger partial charge on any atom is 0.419 e. The lowest BCUT2D eigenvalue weighted by Gasteiger charge is -2.21. The van der Waals surface area contributed by atoms with E-state index in [2.05, 4.69) is 4.98 Å². The summed E-state index contributed by atoms with van der Waals surface area (Å²) in [5.41, 5.74) is 5.27. The second-order valence-electron chi connectivity index (χ2n) is 8.82. The molecule has 33 heavy (non-hydrogen) atoms. The number of carbonyl (C=O) groups excluding carboxylic acids is 1. The molecular formula is C22H25ClN6O4. The number of fused-ring (bicyclic) bond motifs is 2. The Hall–Kier alpha value is -3.37. The third-order valence-corrected chi connectivity index (χ3v) is 5.73. The normalized spacial score (nSPS) is 12.1. The van der Waals surface area contributed by atoms with Crippen LogP contribution in [0.1, 0.15) is 32.3 Å².